The van der Waals surface area contributed by atoms with E-state index in [-0.39, 0.29) is 0 Å². The predicted molar refractivity (Wildman–Crippen MR) is 63.5 cm³/mol. The van der Waals surface area contributed by atoms with Crippen LogP contribution in [0.5, 0.6) is 0 Å². The normalized spacial score (nSPS) is 18.7. The molecule has 0 bridgehead atoms. The number of hydrogen-bond donors (Lipinski definition) is 0. The molecule has 1 aromatic heterocycles. The van der Waals surface area contributed by atoms with Crippen molar-refractivity contribution in [3.8, 4) is 0 Å². The summed E-state index contributed by atoms with van der Waals surface area (Å²) in [5.74, 6) is 0. The van der Waals surface area contributed by atoms with Gasteiger partial charge >= 0.3 is 0 Å². The molecule has 0 unspecified atom stereocenters. The van der Waals surface area contributed by atoms with Gasteiger partial charge in [0.05, 0.1) is 4.88 Å². The monoisotopic (exact) mass is 223 g/mol. The first-order valence-electron chi connectivity index (χ1n) is 5.63. The summed E-state index contributed by atoms with van der Waals surface area (Å²) in [7, 11) is 0. The summed E-state index contributed by atoms with van der Waals surface area (Å²) in [6.07, 6.45) is 6.34. The maximum absolute atomic E-state index is 10.6. The van der Waals surface area contributed by atoms with Crippen LogP contribution in [0.3, 0.4) is 0 Å². The summed E-state index contributed by atoms with van der Waals surface area (Å²) < 4.78 is 0. The van der Waals surface area contributed by atoms with Gasteiger partial charge in [0.25, 0.3) is 0 Å². The van der Waals surface area contributed by atoms with Crippen molar-refractivity contribution >= 4 is 17.6 Å². The highest BCUT2D eigenvalue weighted by molar-refractivity contribution is 7.11. The third-order valence-electron chi connectivity index (χ3n) is 2.90. The van der Waals surface area contributed by atoms with Gasteiger partial charge in [-0.2, -0.15) is 0 Å². The van der Waals surface area contributed by atoms with E-state index in [1.807, 2.05) is 6.07 Å². The van der Waals surface area contributed by atoms with Gasteiger partial charge in [0.15, 0.2) is 6.29 Å². The summed E-state index contributed by atoms with van der Waals surface area (Å²) in [6, 6.07) is 2.02. The van der Waals surface area contributed by atoms with Crippen LogP contribution in [0.4, 0.5) is 0 Å². The Kier molecular flexibility index (Phi) is 3.92. The molecule has 0 radical (unpaired) electrons. The zero-order valence-corrected chi connectivity index (χ0v) is 9.76. The first kappa shape index (κ1) is 10.8. The smallest absolute Gasteiger partial charge is 0.160 e. The van der Waals surface area contributed by atoms with Crippen LogP contribution in [0.25, 0.3) is 0 Å². The number of hydrogen-bond acceptors (Lipinski definition) is 3. The minimum atomic E-state index is 0.847. The second-order valence-corrected chi connectivity index (χ2v) is 5.11. The van der Waals surface area contributed by atoms with Gasteiger partial charge < -0.3 is 0 Å². The van der Waals surface area contributed by atoms with Crippen LogP contribution in [0.1, 0.15) is 40.9 Å². The lowest BCUT2D eigenvalue weighted by Crippen LogP contribution is -2.23. The fourth-order valence-electron chi connectivity index (χ4n) is 2.09. The molecule has 0 amide bonds. The van der Waals surface area contributed by atoms with Crippen LogP contribution in [0.2, 0.25) is 0 Å². The van der Waals surface area contributed by atoms with E-state index in [1.54, 1.807) is 11.3 Å². The van der Waals surface area contributed by atoms with Crippen molar-refractivity contribution in [1.82, 2.24) is 4.90 Å². The van der Waals surface area contributed by atoms with E-state index < -0.39 is 0 Å². The fraction of sp³-hybridized carbons (Fsp3) is 0.583. The molecular weight excluding hydrogens is 206 g/mol. The number of likely N-dealkylation sites (tertiary alicyclic amines) is 1. The SMILES string of the molecule is O=Cc1cc(CN2CCCCCC2)cs1. The van der Waals surface area contributed by atoms with Gasteiger partial charge in [-0.3, -0.25) is 9.69 Å². The molecule has 1 aromatic rings. The molecule has 2 heterocycles. The molecule has 1 saturated heterocycles. The summed E-state index contributed by atoms with van der Waals surface area (Å²) in [5.41, 5.74) is 1.30. The summed E-state index contributed by atoms with van der Waals surface area (Å²) in [6.45, 7) is 3.45. The highest BCUT2D eigenvalue weighted by atomic mass is 32.1. The Morgan fingerprint density at radius 2 is 2.00 bits per heavy atom. The Morgan fingerprint density at radius 1 is 1.27 bits per heavy atom. The lowest BCUT2D eigenvalue weighted by molar-refractivity contribution is 0.112. The van der Waals surface area contributed by atoms with Gasteiger partial charge in [-0.1, -0.05) is 12.8 Å². The van der Waals surface area contributed by atoms with Gasteiger partial charge in [-0.05, 0) is 42.9 Å². The average molecular weight is 223 g/mol. The lowest BCUT2D eigenvalue weighted by atomic mass is 10.2. The maximum atomic E-state index is 10.6. The first-order chi connectivity index (χ1) is 7.38. The summed E-state index contributed by atoms with van der Waals surface area (Å²) >= 11 is 1.55. The Morgan fingerprint density at radius 3 is 2.60 bits per heavy atom. The molecular formula is C12H17NOS. The number of aldehydes is 1. The largest absolute Gasteiger partial charge is 0.299 e. The van der Waals surface area contributed by atoms with Crippen molar-refractivity contribution < 1.29 is 4.79 Å². The van der Waals surface area contributed by atoms with E-state index >= 15 is 0 Å². The highest BCUT2D eigenvalue weighted by Crippen LogP contribution is 2.17. The number of rotatable bonds is 3. The van der Waals surface area contributed by atoms with Crippen LogP contribution in [0, 0.1) is 0 Å². The summed E-state index contributed by atoms with van der Waals surface area (Å²) in [4.78, 5) is 13.9. The molecule has 1 fully saturated rings. The molecule has 15 heavy (non-hydrogen) atoms. The maximum Gasteiger partial charge on any atom is 0.160 e. The number of nitrogens with zero attached hydrogens (tertiary/aromatic N) is 1. The van der Waals surface area contributed by atoms with Gasteiger partial charge in [-0.15, -0.1) is 11.3 Å². The molecule has 3 heteroatoms. The van der Waals surface area contributed by atoms with Gasteiger partial charge in [-0.25, -0.2) is 0 Å². The Labute approximate surface area is 94.9 Å². The zero-order valence-electron chi connectivity index (χ0n) is 8.95. The van der Waals surface area contributed by atoms with Crippen molar-refractivity contribution in [2.75, 3.05) is 13.1 Å². The first-order valence-corrected chi connectivity index (χ1v) is 6.51. The third kappa shape index (κ3) is 3.14. The molecule has 2 rings (SSSR count). The second kappa shape index (κ2) is 5.42. The molecule has 0 aromatic carbocycles. The molecule has 1 aliphatic heterocycles. The number of carbonyl (C=O) groups is 1. The number of thiophene rings is 1. The fourth-order valence-corrected chi connectivity index (χ4v) is 2.80. The van der Waals surface area contributed by atoms with Crippen molar-refractivity contribution in [1.29, 1.82) is 0 Å². The minimum absolute atomic E-state index is 0.847. The van der Waals surface area contributed by atoms with Crippen LogP contribution >= 0.6 is 11.3 Å². The minimum Gasteiger partial charge on any atom is -0.299 e. The molecule has 0 N–H and O–H groups in total. The molecule has 0 saturated carbocycles. The Bertz CT molecular complexity index is 313. The van der Waals surface area contributed by atoms with Crippen molar-refractivity contribution in [3.05, 3.63) is 21.9 Å². The average Bonchev–Trinajstić information content (AvgIpc) is 2.54. The van der Waals surface area contributed by atoms with E-state index in [1.165, 1.54) is 44.3 Å². The van der Waals surface area contributed by atoms with E-state index in [9.17, 15) is 4.79 Å². The molecule has 0 spiro atoms. The van der Waals surface area contributed by atoms with E-state index in [0.29, 0.717) is 0 Å². The predicted octanol–water partition coefficient (Wildman–Crippen LogP) is 2.94. The van der Waals surface area contributed by atoms with Crippen molar-refractivity contribution in [3.63, 3.8) is 0 Å². The second-order valence-electron chi connectivity index (χ2n) is 4.17. The standard InChI is InChI=1S/C12H17NOS/c14-9-12-7-11(10-15-12)8-13-5-3-1-2-4-6-13/h7,9-10H,1-6,8H2. The van der Waals surface area contributed by atoms with Crippen LogP contribution in [-0.2, 0) is 6.54 Å². The quantitative estimate of drug-likeness (QED) is 0.734. The van der Waals surface area contributed by atoms with Gasteiger partial charge in [0, 0.05) is 6.54 Å². The molecule has 82 valence electrons. The third-order valence-corrected chi connectivity index (χ3v) is 3.80. The van der Waals surface area contributed by atoms with Crippen molar-refractivity contribution in [2.45, 2.75) is 32.2 Å². The Hall–Kier alpha value is -0.670. The molecule has 2 nitrogen and oxygen atoms in total. The topological polar surface area (TPSA) is 20.3 Å². The van der Waals surface area contributed by atoms with Gasteiger partial charge in [0.2, 0.25) is 0 Å². The highest BCUT2D eigenvalue weighted by Gasteiger charge is 2.10. The van der Waals surface area contributed by atoms with Crippen LogP contribution < -0.4 is 0 Å². The van der Waals surface area contributed by atoms with Crippen LogP contribution in [0.15, 0.2) is 11.4 Å². The number of carbonyl (C=O) groups excluding carboxylic acids is 1. The lowest BCUT2D eigenvalue weighted by Gasteiger charge is -2.18. The van der Waals surface area contributed by atoms with E-state index in [0.717, 1.165) is 17.7 Å². The van der Waals surface area contributed by atoms with Crippen LogP contribution in [-0.4, -0.2) is 24.3 Å². The van der Waals surface area contributed by atoms with Crippen molar-refractivity contribution in [2.24, 2.45) is 0 Å². The summed E-state index contributed by atoms with van der Waals surface area (Å²) in [5, 5.41) is 2.11. The Balaban J connectivity index is 1.91. The molecule has 0 aliphatic carbocycles. The van der Waals surface area contributed by atoms with E-state index in [2.05, 4.69) is 10.3 Å². The molecule has 1 aliphatic rings. The zero-order chi connectivity index (χ0) is 10.5. The van der Waals surface area contributed by atoms with Gasteiger partial charge in [0.1, 0.15) is 0 Å². The van der Waals surface area contributed by atoms with E-state index in [4.69, 9.17) is 0 Å². The molecule has 0 atom stereocenters.